The topological polar surface area (TPSA) is 0 Å². The fourth-order valence-electron chi connectivity index (χ4n) is 3.71. The molecule has 0 saturated carbocycles. The minimum Gasteiger partial charge on any atom is -0.0766 e. The van der Waals surface area contributed by atoms with Gasteiger partial charge in [-0.3, -0.25) is 0 Å². The van der Waals surface area contributed by atoms with Gasteiger partial charge in [0.15, 0.2) is 0 Å². The van der Waals surface area contributed by atoms with Gasteiger partial charge in [0.1, 0.15) is 0 Å². The molecule has 0 aliphatic heterocycles. The van der Waals surface area contributed by atoms with Gasteiger partial charge in [-0.15, -0.1) is 0 Å². The van der Waals surface area contributed by atoms with Crippen LogP contribution in [0.5, 0.6) is 0 Å². The molecule has 0 unspecified atom stereocenters. The van der Waals surface area contributed by atoms with E-state index in [2.05, 4.69) is 103 Å². The Hall–Kier alpha value is -2.82. The second kappa shape index (κ2) is 5.92. The van der Waals surface area contributed by atoms with Crippen LogP contribution in [0, 0.1) is 0 Å². The molecular formula is C24H17P. The maximum atomic E-state index is 2.31. The molecule has 5 aromatic rings. The Morgan fingerprint density at radius 3 is 1.64 bits per heavy atom. The third kappa shape index (κ3) is 2.30. The van der Waals surface area contributed by atoms with Crippen molar-refractivity contribution in [1.29, 1.82) is 0 Å². The molecule has 0 N–H and O–H groups in total. The molecule has 1 heteroatoms. The van der Waals surface area contributed by atoms with Crippen LogP contribution < -0.4 is 0 Å². The molecule has 0 aliphatic rings. The maximum Gasteiger partial charge on any atom is 0.00685 e. The lowest BCUT2D eigenvalue weighted by Crippen LogP contribution is -1.79. The predicted octanol–water partition coefficient (Wildman–Crippen LogP) is 7.64. The number of hydrogen-bond donors (Lipinski definition) is 0. The van der Waals surface area contributed by atoms with Gasteiger partial charge in [0.25, 0.3) is 0 Å². The fraction of sp³-hybridized carbons (Fsp3) is 0. The molecule has 4 aromatic carbocycles. The molecule has 1 aromatic heterocycles. The second-order valence-electron chi connectivity index (χ2n) is 6.25. The Bertz CT molecular complexity index is 1130. The average molecular weight is 336 g/mol. The summed E-state index contributed by atoms with van der Waals surface area (Å²) in [5, 5.41) is 7.18. The Balaban J connectivity index is 1.92. The average Bonchev–Trinajstić information content (AvgIpc) is 3.03. The highest BCUT2D eigenvalue weighted by atomic mass is 31.1. The first-order valence-corrected chi connectivity index (χ1v) is 9.91. The lowest BCUT2D eigenvalue weighted by molar-refractivity contribution is 1.64. The maximum absolute atomic E-state index is 2.31. The molecular weight excluding hydrogens is 319 g/mol. The molecule has 0 saturated heterocycles. The summed E-state index contributed by atoms with van der Waals surface area (Å²) in [5.41, 5.74) is 2.64. The van der Waals surface area contributed by atoms with Crippen LogP contribution in [0.2, 0.25) is 0 Å². The number of fused-ring (bicyclic) bond motifs is 3. The number of hydrogen-bond acceptors (Lipinski definition) is 0. The first-order valence-electron chi connectivity index (χ1n) is 8.56. The molecule has 118 valence electrons. The van der Waals surface area contributed by atoms with E-state index in [1.54, 1.807) is 0 Å². The summed E-state index contributed by atoms with van der Waals surface area (Å²) < 4.78 is 0. The molecule has 0 bridgehead atoms. The van der Waals surface area contributed by atoms with Crippen molar-refractivity contribution in [3.8, 4) is 16.4 Å². The van der Waals surface area contributed by atoms with E-state index in [4.69, 9.17) is 0 Å². The summed E-state index contributed by atoms with van der Waals surface area (Å²) in [6.07, 6.45) is 0. The van der Waals surface area contributed by atoms with E-state index in [9.17, 15) is 0 Å². The molecule has 0 fully saturated rings. The summed E-state index contributed by atoms with van der Waals surface area (Å²) in [7, 11) is -0.516. The largest absolute Gasteiger partial charge is 0.0766 e. The third-order valence-electron chi connectivity index (χ3n) is 4.81. The highest BCUT2D eigenvalue weighted by Crippen LogP contribution is 2.57. The van der Waals surface area contributed by atoms with Crippen molar-refractivity contribution >= 4 is 28.5 Å². The zero-order valence-corrected chi connectivity index (χ0v) is 14.7. The van der Waals surface area contributed by atoms with E-state index in [0.29, 0.717) is 0 Å². The van der Waals surface area contributed by atoms with Crippen LogP contribution in [-0.4, -0.2) is 0 Å². The van der Waals surface area contributed by atoms with E-state index < -0.39 is 7.53 Å². The van der Waals surface area contributed by atoms with Crippen LogP contribution in [0.1, 0.15) is 0 Å². The predicted molar refractivity (Wildman–Crippen MR) is 111 cm³/mol. The van der Waals surface area contributed by atoms with Gasteiger partial charge in [0.2, 0.25) is 0 Å². The van der Waals surface area contributed by atoms with Crippen molar-refractivity contribution in [3.63, 3.8) is 0 Å². The smallest absolute Gasteiger partial charge is 0.00685 e. The monoisotopic (exact) mass is 336 g/mol. The van der Waals surface area contributed by atoms with Crippen molar-refractivity contribution in [3.05, 3.63) is 103 Å². The van der Waals surface area contributed by atoms with Crippen LogP contribution in [0.4, 0.5) is 0 Å². The highest BCUT2D eigenvalue weighted by molar-refractivity contribution is 7.68. The molecule has 0 aliphatic carbocycles. The van der Waals surface area contributed by atoms with Gasteiger partial charge in [-0.1, -0.05) is 111 Å². The SMILES string of the molecule is c1ccc(-c2ccccc2-p2c3ccccc3c3ccccc32)cc1. The second-order valence-corrected chi connectivity index (χ2v) is 8.37. The molecule has 0 radical (unpaired) electrons. The summed E-state index contributed by atoms with van der Waals surface area (Å²) >= 11 is 0. The van der Waals surface area contributed by atoms with E-state index >= 15 is 0 Å². The van der Waals surface area contributed by atoms with Gasteiger partial charge in [0, 0.05) is 15.5 Å². The Labute approximate surface area is 148 Å². The van der Waals surface area contributed by atoms with Gasteiger partial charge in [0.05, 0.1) is 0 Å². The summed E-state index contributed by atoms with van der Waals surface area (Å²) in [6.45, 7) is 0. The minimum absolute atomic E-state index is 0.516. The molecule has 0 spiro atoms. The first-order chi connectivity index (χ1) is 12.4. The molecule has 0 nitrogen and oxygen atoms in total. The highest BCUT2D eigenvalue weighted by Gasteiger charge is 2.15. The fourth-order valence-corrected chi connectivity index (χ4v) is 6.51. The molecule has 1 heterocycles. The zero-order valence-electron chi connectivity index (χ0n) is 13.8. The van der Waals surface area contributed by atoms with Gasteiger partial charge in [-0.05, 0) is 21.9 Å². The van der Waals surface area contributed by atoms with E-state index in [-0.39, 0.29) is 0 Å². The normalized spacial score (nSPS) is 11.2. The van der Waals surface area contributed by atoms with Crippen molar-refractivity contribution in [1.82, 2.24) is 0 Å². The molecule has 0 amide bonds. The van der Waals surface area contributed by atoms with Crippen LogP contribution in [0.25, 0.3) is 37.4 Å². The lowest BCUT2D eigenvalue weighted by Gasteiger charge is -2.11. The Morgan fingerprint density at radius 2 is 0.960 bits per heavy atom. The van der Waals surface area contributed by atoms with Gasteiger partial charge < -0.3 is 0 Å². The van der Waals surface area contributed by atoms with Crippen LogP contribution in [0.3, 0.4) is 0 Å². The standard InChI is InChI=1S/C24H17P/c1-2-10-18(11-3-1)19-12-4-7-15-22(19)25-23-16-8-5-13-20(23)21-14-6-9-17-24(21)25/h1-17H. The summed E-state index contributed by atoms with van der Waals surface area (Å²) in [4.78, 5) is 0. The minimum atomic E-state index is -0.516. The van der Waals surface area contributed by atoms with Crippen molar-refractivity contribution in [2.75, 3.05) is 0 Å². The summed E-state index contributed by atoms with van der Waals surface area (Å²) in [5.74, 6) is 0. The quantitative estimate of drug-likeness (QED) is 0.311. The number of benzene rings is 4. The Kier molecular flexibility index (Phi) is 3.44. The van der Waals surface area contributed by atoms with E-state index in [0.717, 1.165) is 0 Å². The summed E-state index contributed by atoms with van der Waals surface area (Å²) in [6, 6.07) is 37.4. The first kappa shape index (κ1) is 14.5. The van der Waals surface area contributed by atoms with E-state index in [1.807, 2.05) is 0 Å². The van der Waals surface area contributed by atoms with E-state index in [1.165, 1.54) is 37.4 Å². The van der Waals surface area contributed by atoms with Crippen molar-refractivity contribution in [2.45, 2.75) is 0 Å². The van der Waals surface area contributed by atoms with Gasteiger partial charge >= 0.3 is 0 Å². The van der Waals surface area contributed by atoms with Gasteiger partial charge in [-0.25, -0.2) is 0 Å². The Morgan fingerprint density at radius 1 is 0.440 bits per heavy atom. The zero-order chi connectivity index (χ0) is 16.6. The third-order valence-corrected chi connectivity index (χ3v) is 7.43. The van der Waals surface area contributed by atoms with Gasteiger partial charge in [-0.2, -0.15) is 0 Å². The van der Waals surface area contributed by atoms with Crippen LogP contribution >= 0.6 is 7.53 Å². The molecule has 0 atom stereocenters. The van der Waals surface area contributed by atoms with Crippen LogP contribution in [-0.2, 0) is 0 Å². The number of rotatable bonds is 2. The van der Waals surface area contributed by atoms with Crippen LogP contribution in [0.15, 0.2) is 103 Å². The lowest BCUT2D eigenvalue weighted by atomic mass is 10.1. The molecule has 25 heavy (non-hydrogen) atoms. The van der Waals surface area contributed by atoms with Crippen molar-refractivity contribution in [2.24, 2.45) is 0 Å². The van der Waals surface area contributed by atoms with Crippen molar-refractivity contribution < 1.29 is 0 Å². The molecule has 5 rings (SSSR count).